The van der Waals surface area contributed by atoms with Gasteiger partial charge in [-0.15, -0.1) is 0 Å². The van der Waals surface area contributed by atoms with Crippen molar-refractivity contribution in [2.24, 2.45) is 0 Å². The average Bonchev–Trinajstić information content (AvgIpc) is 3.10. The first kappa shape index (κ1) is 22.9. The zero-order valence-corrected chi connectivity index (χ0v) is 20.2. The largest absolute Gasteiger partial charge is 0.465 e. The molecule has 4 rings (SSSR count). The second kappa shape index (κ2) is 8.96. The standard InChI is InChI=1S/C25H25N3O3S2/c1-16-12-13-18(14-26-16)17(2)33(3,31)27-24(32)28(25(29)30)15-23-21-10-6-4-8-19(21)20-9-5-7-11-22(20)23/h4-14,23H,15H2,1-3H3,(H,29,30)(H,27,31,32). The summed E-state index contributed by atoms with van der Waals surface area (Å²) in [5.74, 6) is -0.174. The van der Waals surface area contributed by atoms with Crippen LogP contribution in [0.1, 0.15) is 35.2 Å². The molecule has 3 aromatic rings. The first-order chi connectivity index (χ1) is 15.7. The van der Waals surface area contributed by atoms with Gasteiger partial charge in [-0.2, -0.15) is 0 Å². The summed E-state index contributed by atoms with van der Waals surface area (Å²) in [6.07, 6.45) is 1.98. The van der Waals surface area contributed by atoms with Crippen LogP contribution in [0, 0.1) is 6.92 Å². The van der Waals surface area contributed by atoms with E-state index in [1.54, 1.807) is 13.1 Å². The van der Waals surface area contributed by atoms with Gasteiger partial charge in [-0.3, -0.25) is 14.6 Å². The van der Waals surface area contributed by atoms with Crippen molar-refractivity contribution < 1.29 is 14.1 Å². The highest BCUT2D eigenvalue weighted by Crippen LogP contribution is 2.44. The first-order valence-electron chi connectivity index (χ1n) is 10.4. The Morgan fingerprint density at radius 2 is 1.67 bits per heavy atom. The highest BCUT2D eigenvalue weighted by Gasteiger charge is 2.32. The van der Waals surface area contributed by atoms with Gasteiger partial charge >= 0.3 is 6.09 Å². The van der Waals surface area contributed by atoms with Crippen LogP contribution in [0.25, 0.3) is 11.1 Å². The Hall–Kier alpha value is -3.23. The van der Waals surface area contributed by atoms with E-state index >= 15 is 0 Å². The highest BCUT2D eigenvalue weighted by molar-refractivity contribution is 8.01. The third-order valence-corrected chi connectivity index (χ3v) is 8.43. The van der Waals surface area contributed by atoms with Crippen molar-refractivity contribution in [3.63, 3.8) is 0 Å². The van der Waals surface area contributed by atoms with Crippen LogP contribution in [0.3, 0.4) is 0 Å². The third-order valence-electron chi connectivity index (χ3n) is 5.99. The van der Waals surface area contributed by atoms with Crippen LogP contribution in [0.5, 0.6) is 0 Å². The molecule has 33 heavy (non-hydrogen) atoms. The second-order valence-corrected chi connectivity index (χ2v) is 11.0. The number of fused-ring (bicyclic) bond motifs is 3. The van der Waals surface area contributed by atoms with Gasteiger partial charge in [0.25, 0.3) is 0 Å². The maximum absolute atomic E-state index is 13.5. The Kier molecular flexibility index (Phi) is 6.23. The topological polar surface area (TPSA) is 82.5 Å². The summed E-state index contributed by atoms with van der Waals surface area (Å²) in [7, 11) is -2.83. The number of aromatic nitrogens is 1. The fourth-order valence-electron chi connectivity index (χ4n) is 4.09. The van der Waals surface area contributed by atoms with Crippen LogP contribution >= 0.6 is 12.2 Å². The molecule has 2 N–H and O–H groups in total. The van der Waals surface area contributed by atoms with Gasteiger partial charge in [0, 0.05) is 41.0 Å². The van der Waals surface area contributed by atoms with Gasteiger partial charge in [-0.25, -0.2) is 9.00 Å². The molecule has 1 atom stereocenters. The number of pyridine rings is 1. The Morgan fingerprint density at radius 3 is 2.18 bits per heavy atom. The lowest BCUT2D eigenvalue weighted by Gasteiger charge is -2.26. The maximum Gasteiger partial charge on any atom is 0.413 e. The molecule has 0 radical (unpaired) electrons. The fourth-order valence-corrected chi connectivity index (χ4v) is 5.88. The number of carboxylic acid groups (broad SMARTS) is 1. The van der Waals surface area contributed by atoms with Crippen LogP contribution in [0.2, 0.25) is 0 Å². The Balaban J connectivity index is 1.64. The molecule has 0 bridgehead atoms. The number of hydrogen-bond donors (Lipinski definition) is 2. The summed E-state index contributed by atoms with van der Waals surface area (Å²) in [5.41, 5.74) is 5.86. The predicted octanol–water partition coefficient (Wildman–Crippen LogP) is 4.43. The molecule has 0 fully saturated rings. The van der Waals surface area contributed by atoms with Crippen molar-refractivity contribution in [3.8, 4) is 11.1 Å². The van der Waals surface area contributed by atoms with Gasteiger partial charge in [-0.05, 0) is 54.4 Å². The monoisotopic (exact) mass is 479 g/mol. The number of nitrogens with one attached hydrogen (secondary N) is 1. The minimum atomic E-state index is -2.83. The molecule has 0 spiro atoms. The van der Waals surface area contributed by atoms with Gasteiger partial charge in [0.05, 0.1) is 9.71 Å². The number of carbonyl (C=O) groups is 1. The first-order valence-corrected chi connectivity index (χ1v) is 12.8. The zero-order valence-electron chi connectivity index (χ0n) is 18.6. The van der Waals surface area contributed by atoms with Crippen LogP contribution in [0.4, 0.5) is 4.79 Å². The SMILES string of the molecule is CC(c1ccc(C)nc1)=S(C)(=O)NC(=S)N(CC1c2ccccc2-c2ccccc21)C(=O)O. The lowest BCUT2D eigenvalue weighted by Crippen LogP contribution is -2.47. The van der Waals surface area contributed by atoms with E-state index in [-0.39, 0.29) is 17.6 Å². The van der Waals surface area contributed by atoms with Gasteiger partial charge in [-0.1, -0.05) is 54.6 Å². The zero-order chi connectivity index (χ0) is 23.8. The molecular formula is C25H25N3O3S2. The van der Waals surface area contributed by atoms with Crippen LogP contribution in [0.15, 0.2) is 66.9 Å². The summed E-state index contributed by atoms with van der Waals surface area (Å²) >= 11 is 5.45. The number of aryl methyl sites for hydroxylation is 1. The number of hydrogen-bond acceptors (Lipinski definition) is 4. The second-order valence-electron chi connectivity index (χ2n) is 8.12. The Bertz CT molecular complexity index is 1310. The number of thiocarbonyl (C=S) groups is 1. The molecule has 1 aliphatic carbocycles. The average molecular weight is 480 g/mol. The highest BCUT2D eigenvalue weighted by atomic mass is 32.2. The lowest BCUT2D eigenvalue weighted by molar-refractivity contribution is 0.168. The number of benzene rings is 2. The normalized spacial score (nSPS) is 14.0. The maximum atomic E-state index is 13.5. The number of amides is 1. The molecule has 6 nitrogen and oxygen atoms in total. The van der Waals surface area contributed by atoms with E-state index in [1.807, 2.05) is 67.6 Å². The smallest absolute Gasteiger partial charge is 0.413 e. The van der Waals surface area contributed by atoms with E-state index < -0.39 is 15.8 Å². The molecule has 1 aromatic heterocycles. The summed E-state index contributed by atoms with van der Waals surface area (Å²) in [6, 6.07) is 19.7. The van der Waals surface area contributed by atoms with Gasteiger partial charge in [0.15, 0.2) is 5.11 Å². The van der Waals surface area contributed by atoms with Gasteiger partial charge in [0.1, 0.15) is 0 Å². The molecule has 2 aromatic carbocycles. The lowest BCUT2D eigenvalue weighted by atomic mass is 9.96. The van der Waals surface area contributed by atoms with Crippen LogP contribution in [-0.4, -0.2) is 48.1 Å². The summed E-state index contributed by atoms with van der Waals surface area (Å²) < 4.78 is 16.3. The fraction of sp³-hybridized carbons (Fsp3) is 0.200. The molecule has 1 unspecified atom stereocenters. The predicted molar refractivity (Wildman–Crippen MR) is 137 cm³/mol. The van der Waals surface area contributed by atoms with Crippen molar-refractivity contribution in [1.29, 1.82) is 0 Å². The molecule has 8 heteroatoms. The Labute approximate surface area is 199 Å². The molecule has 1 amide bonds. The van der Waals surface area contributed by atoms with Crippen molar-refractivity contribution in [1.82, 2.24) is 14.6 Å². The van der Waals surface area contributed by atoms with Crippen molar-refractivity contribution in [2.75, 3.05) is 12.8 Å². The van der Waals surface area contributed by atoms with Crippen molar-refractivity contribution in [2.45, 2.75) is 19.8 Å². The number of rotatable bonds is 4. The van der Waals surface area contributed by atoms with Gasteiger partial charge < -0.3 is 5.11 Å². The van der Waals surface area contributed by atoms with Crippen molar-refractivity contribution in [3.05, 3.63) is 89.2 Å². The summed E-state index contributed by atoms with van der Waals surface area (Å²) in [4.78, 5) is 18.1. The quantitative estimate of drug-likeness (QED) is 0.427. The van der Waals surface area contributed by atoms with Crippen molar-refractivity contribution >= 4 is 38.0 Å². The van der Waals surface area contributed by atoms with E-state index in [9.17, 15) is 14.1 Å². The molecule has 1 aliphatic rings. The number of nitrogens with zero attached hydrogens (tertiary/aromatic N) is 2. The molecule has 0 aliphatic heterocycles. The van der Waals surface area contributed by atoms with E-state index in [0.717, 1.165) is 32.8 Å². The van der Waals surface area contributed by atoms with Gasteiger partial charge in [0.2, 0.25) is 0 Å². The van der Waals surface area contributed by atoms with E-state index in [2.05, 4.69) is 9.71 Å². The molecule has 170 valence electrons. The van der Waals surface area contributed by atoms with E-state index in [0.29, 0.717) is 10.4 Å². The summed E-state index contributed by atoms with van der Waals surface area (Å²) in [5, 5.41) is 9.89. The molecule has 0 saturated carbocycles. The summed E-state index contributed by atoms with van der Waals surface area (Å²) in [6.45, 7) is 3.73. The molecule has 1 heterocycles. The van der Waals surface area contributed by atoms with E-state index in [4.69, 9.17) is 12.2 Å². The Morgan fingerprint density at radius 1 is 1.09 bits per heavy atom. The third kappa shape index (κ3) is 4.49. The van der Waals surface area contributed by atoms with Crippen LogP contribution < -0.4 is 4.72 Å². The minimum Gasteiger partial charge on any atom is -0.465 e. The van der Waals surface area contributed by atoms with Crippen LogP contribution in [-0.2, 0) is 9.71 Å². The van der Waals surface area contributed by atoms with E-state index in [1.165, 1.54) is 6.26 Å². The minimum absolute atomic E-state index is 0.0868. The molecule has 0 saturated heterocycles. The molecular weight excluding hydrogens is 454 g/mol.